The Bertz CT molecular complexity index is 900. The van der Waals surface area contributed by atoms with Crippen molar-refractivity contribution < 1.29 is 9.85 Å². The van der Waals surface area contributed by atoms with E-state index >= 15 is 0 Å². The number of rotatable bonds is 6. The van der Waals surface area contributed by atoms with Gasteiger partial charge < -0.3 is 0 Å². The molecule has 0 fully saturated rings. The highest BCUT2D eigenvalue weighted by Gasteiger charge is 2.18. The molecule has 0 saturated heterocycles. The lowest BCUT2D eigenvalue weighted by atomic mass is 10.3. The van der Waals surface area contributed by atoms with Crippen molar-refractivity contribution >= 4 is 34.9 Å². The van der Waals surface area contributed by atoms with Gasteiger partial charge in [-0.3, -0.25) is 20.2 Å². The summed E-state index contributed by atoms with van der Waals surface area (Å²) in [5.74, 6) is 0. The summed E-state index contributed by atoms with van der Waals surface area (Å²) in [6, 6.07) is 20.4. The molecule has 0 atom stereocenters. The summed E-state index contributed by atoms with van der Waals surface area (Å²) < 4.78 is 0. The molecule has 3 rings (SSSR count). The molecule has 0 saturated carbocycles. The van der Waals surface area contributed by atoms with E-state index in [1.165, 1.54) is 35.7 Å². The van der Waals surface area contributed by atoms with Crippen LogP contribution in [0.15, 0.2) is 92.4 Å². The van der Waals surface area contributed by atoms with Crippen molar-refractivity contribution in [2.24, 2.45) is 0 Å². The summed E-state index contributed by atoms with van der Waals surface area (Å²) >= 11 is 2.54. The van der Waals surface area contributed by atoms with E-state index in [4.69, 9.17) is 0 Å². The molecule has 0 amide bonds. The maximum atomic E-state index is 11.2. The second kappa shape index (κ2) is 8.03. The van der Waals surface area contributed by atoms with Crippen LogP contribution in [-0.4, -0.2) is 9.85 Å². The van der Waals surface area contributed by atoms with Crippen LogP contribution in [0.3, 0.4) is 0 Å². The molecule has 6 nitrogen and oxygen atoms in total. The molecule has 0 aliphatic heterocycles. The van der Waals surface area contributed by atoms with E-state index in [9.17, 15) is 20.2 Å². The van der Waals surface area contributed by atoms with E-state index in [0.29, 0.717) is 9.79 Å². The molecule has 0 spiro atoms. The highest BCUT2D eigenvalue weighted by atomic mass is 32.2. The van der Waals surface area contributed by atoms with Crippen LogP contribution < -0.4 is 0 Å². The first kappa shape index (κ1) is 18.0. The van der Waals surface area contributed by atoms with Gasteiger partial charge in [0.1, 0.15) is 0 Å². The molecule has 3 aromatic rings. The molecular weight excluding hydrogens is 372 g/mol. The molecule has 0 heterocycles. The SMILES string of the molecule is O=[N+]([O-])c1ccccc1Sc1ccccc1Sc1ccccc1[N+](=O)[O-]. The standard InChI is InChI=1S/C18H12N2O4S2/c21-19(22)13-7-1-3-9-15(13)25-17-11-5-6-12-18(17)26-16-10-4-2-8-14(16)20(23)24/h1-12H. The van der Waals surface area contributed by atoms with E-state index in [2.05, 4.69) is 0 Å². The number of para-hydroxylation sites is 2. The summed E-state index contributed by atoms with van der Waals surface area (Å²) in [7, 11) is 0. The van der Waals surface area contributed by atoms with Gasteiger partial charge in [0.05, 0.1) is 19.6 Å². The summed E-state index contributed by atoms with van der Waals surface area (Å²) in [5, 5.41) is 22.4. The molecule has 0 aromatic heterocycles. The molecule has 0 radical (unpaired) electrons. The summed E-state index contributed by atoms with van der Waals surface area (Å²) in [6.07, 6.45) is 0. The average molecular weight is 384 g/mol. The molecule has 0 bridgehead atoms. The maximum Gasteiger partial charge on any atom is 0.283 e. The van der Waals surface area contributed by atoms with Crippen molar-refractivity contribution in [1.29, 1.82) is 0 Å². The Balaban J connectivity index is 1.96. The number of benzene rings is 3. The van der Waals surface area contributed by atoms with Crippen molar-refractivity contribution in [2.75, 3.05) is 0 Å². The highest BCUT2D eigenvalue weighted by Crippen LogP contribution is 2.43. The van der Waals surface area contributed by atoms with E-state index in [1.54, 1.807) is 36.4 Å². The Labute approximate surface area is 157 Å². The van der Waals surface area contributed by atoms with E-state index in [-0.39, 0.29) is 11.4 Å². The maximum absolute atomic E-state index is 11.2. The quantitative estimate of drug-likeness (QED) is 0.394. The van der Waals surface area contributed by atoms with Gasteiger partial charge >= 0.3 is 0 Å². The number of hydrogen-bond acceptors (Lipinski definition) is 6. The minimum atomic E-state index is -0.417. The molecule has 0 aliphatic rings. The molecule has 3 aromatic carbocycles. The predicted molar refractivity (Wildman–Crippen MR) is 101 cm³/mol. The van der Waals surface area contributed by atoms with Gasteiger partial charge in [-0.15, -0.1) is 0 Å². The predicted octanol–water partition coefficient (Wildman–Crippen LogP) is 5.81. The van der Waals surface area contributed by atoms with Gasteiger partial charge in [-0.05, 0) is 24.3 Å². The van der Waals surface area contributed by atoms with Crippen LogP contribution in [0.1, 0.15) is 0 Å². The van der Waals surface area contributed by atoms with Crippen molar-refractivity contribution in [2.45, 2.75) is 19.6 Å². The number of hydrogen-bond donors (Lipinski definition) is 0. The van der Waals surface area contributed by atoms with E-state index in [1.807, 2.05) is 24.3 Å². The lowest BCUT2D eigenvalue weighted by molar-refractivity contribution is -0.387. The summed E-state index contributed by atoms with van der Waals surface area (Å²) in [6.45, 7) is 0. The zero-order valence-electron chi connectivity index (χ0n) is 13.3. The van der Waals surface area contributed by atoms with Crippen LogP contribution in [-0.2, 0) is 0 Å². The third kappa shape index (κ3) is 4.04. The summed E-state index contributed by atoms with van der Waals surface area (Å²) in [5.41, 5.74) is 0.0611. The first-order valence-corrected chi connectivity index (χ1v) is 9.11. The van der Waals surface area contributed by atoms with Gasteiger partial charge in [0.2, 0.25) is 0 Å². The van der Waals surface area contributed by atoms with Gasteiger partial charge in [0.25, 0.3) is 11.4 Å². The lowest BCUT2D eigenvalue weighted by Gasteiger charge is -2.09. The van der Waals surface area contributed by atoms with Gasteiger partial charge in [-0.25, -0.2) is 0 Å². The Morgan fingerprint density at radius 1 is 0.538 bits per heavy atom. The second-order valence-corrected chi connectivity index (χ2v) is 7.27. The van der Waals surface area contributed by atoms with Gasteiger partial charge in [0.15, 0.2) is 0 Å². The number of nitro groups is 2. The smallest absolute Gasteiger partial charge is 0.258 e. The first-order valence-electron chi connectivity index (χ1n) is 7.48. The van der Waals surface area contributed by atoms with E-state index < -0.39 is 9.85 Å². The van der Waals surface area contributed by atoms with Crippen LogP contribution in [0, 0.1) is 20.2 Å². The Hall–Kier alpha value is -2.84. The zero-order chi connectivity index (χ0) is 18.5. The van der Waals surface area contributed by atoms with Crippen molar-refractivity contribution in [3.63, 3.8) is 0 Å². The lowest BCUT2D eigenvalue weighted by Crippen LogP contribution is -1.91. The van der Waals surface area contributed by atoms with Crippen molar-refractivity contribution in [1.82, 2.24) is 0 Å². The average Bonchev–Trinajstić information content (AvgIpc) is 2.64. The fourth-order valence-electron chi connectivity index (χ4n) is 2.24. The van der Waals surface area contributed by atoms with Crippen LogP contribution >= 0.6 is 23.5 Å². The monoisotopic (exact) mass is 384 g/mol. The number of nitro benzene ring substituents is 2. The first-order chi connectivity index (χ1) is 12.6. The van der Waals surface area contributed by atoms with Gasteiger partial charge in [0, 0.05) is 21.9 Å². The fraction of sp³-hybridized carbons (Fsp3) is 0. The second-order valence-electron chi connectivity index (χ2n) is 5.10. The normalized spacial score (nSPS) is 10.5. The molecule has 0 N–H and O–H groups in total. The fourth-order valence-corrected chi connectivity index (χ4v) is 4.39. The Morgan fingerprint density at radius 2 is 0.846 bits per heavy atom. The molecule has 8 heteroatoms. The third-order valence-electron chi connectivity index (χ3n) is 3.41. The van der Waals surface area contributed by atoms with Crippen LogP contribution in [0.2, 0.25) is 0 Å². The molecular formula is C18H12N2O4S2. The minimum absolute atomic E-state index is 0.0306. The number of nitrogens with zero attached hydrogens (tertiary/aromatic N) is 2. The van der Waals surface area contributed by atoms with Gasteiger partial charge in [-0.1, -0.05) is 59.9 Å². The van der Waals surface area contributed by atoms with Crippen LogP contribution in [0.5, 0.6) is 0 Å². The Morgan fingerprint density at radius 3 is 1.19 bits per heavy atom. The van der Waals surface area contributed by atoms with Crippen molar-refractivity contribution in [3.05, 3.63) is 93.0 Å². The minimum Gasteiger partial charge on any atom is -0.258 e. The topological polar surface area (TPSA) is 86.3 Å². The molecule has 0 aliphatic carbocycles. The zero-order valence-corrected chi connectivity index (χ0v) is 14.9. The molecule has 26 heavy (non-hydrogen) atoms. The van der Waals surface area contributed by atoms with Crippen molar-refractivity contribution in [3.8, 4) is 0 Å². The summed E-state index contributed by atoms with van der Waals surface area (Å²) in [4.78, 5) is 24.2. The van der Waals surface area contributed by atoms with Crippen LogP contribution in [0.25, 0.3) is 0 Å². The van der Waals surface area contributed by atoms with Gasteiger partial charge in [-0.2, -0.15) is 0 Å². The van der Waals surface area contributed by atoms with Crippen LogP contribution in [0.4, 0.5) is 11.4 Å². The highest BCUT2D eigenvalue weighted by molar-refractivity contribution is 8.02. The Kier molecular flexibility index (Phi) is 5.55. The van der Waals surface area contributed by atoms with E-state index in [0.717, 1.165) is 9.79 Å². The third-order valence-corrected chi connectivity index (χ3v) is 5.82. The molecule has 0 unspecified atom stereocenters. The largest absolute Gasteiger partial charge is 0.283 e. The molecule has 130 valence electrons.